The fraction of sp³-hybridized carbons (Fsp3) is 0.692. The molecule has 1 saturated heterocycles. The Balaban J connectivity index is 2.12. The van der Waals surface area contributed by atoms with Crippen molar-refractivity contribution in [2.75, 3.05) is 40.8 Å². The minimum Gasteiger partial charge on any atom is -0.480 e. The molecule has 20 heavy (non-hydrogen) atoms. The zero-order chi connectivity index (χ0) is 14.5. The molecular formula is C13H24N6O. The van der Waals surface area contributed by atoms with E-state index in [9.17, 15) is 0 Å². The molecule has 1 aliphatic heterocycles. The van der Waals surface area contributed by atoms with Gasteiger partial charge >= 0.3 is 0 Å². The Morgan fingerprint density at radius 2 is 2.15 bits per heavy atom. The molecule has 2 atom stereocenters. The smallest absolute Gasteiger partial charge is 0.237 e. The van der Waals surface area contributed by atoms with Gasteiger partial charge in [-0.15, -0.1) is 0 Å². The zero-order valence-corrected chi connectivity index (χ0v) is 12.4. The van der Waals surface area contributed by atoms with E-state index in [1.54, 1.807) is 19.5 Å². The Morgan fingerprint density at radius 1 is 1.40 bits per heavy atom. The summed E-state index contributed by atoms with van der Waals surface area (Å²) in [6.07, 6.45) is 4.15. The van der Waals surface area contributed by atoms with E-state index in [4.69, 9.17) is 10.6 Å². The van der Waals surface area contributed by atoms with Crippen molar-refractivity contribution in [3.05, 3.63) is 18.1 Å². The van der Waals surface area contributed by atoms with Gasteiger partial charge < -0.3 is 14.5 Å². The number of rotatable bonds is 5. The molecule has 112 valence electrons. The number of piperazine rings is 1. The van der Waals surface area contributed by atoms with Crippen LogP contribution in [0.25, 0.3) is 0 Å². The number of hydrogen-bond donors (Lipinski definition) is 2. The van der Waals surface area contributed by atoms with Crippen LogP contribution in [0.1, 0.15) is 18.2 Å². The van der Waals surface area contributed by atoms with Gasteiger partial charge in [0.15, 0.2) is 0 Å². The lowest BCUT2D eigenvalue weighted by Crippen LogP contribution is -2.51. The van der Waals surface area contributed by atoms with Crippen molar-refractivity contribution < 1.29 is 4.74 Å². The summed E-state index contributed by atoms with van der Waals surface area (Å²) >= 11 is 0. The number of nitrogens with zero attached hydrogens (tertiary/aromatic N) is 4. The van der Waals surface area contributed by atoms with Crippen LogP contribution in [0.2, 0.25) is 0 Å². The first-order chi connectivity index (χ1) is 9.65. The molecule has 2 heterocycles. The molecule has 1 aromatic heterocycles. The number of nitrogens with one attached hydrogen (secondary N) is 1. The highest BCUT2D eigenvalue weighted by molar-refractivity contribution is 5.21. The van der Waals surface area contributed by atoms with E-state index in [-0.39, 0.29) is 6.04 Å². The lowest BCUT2D eigenvalue weighted by atomic mass is 10.0. The molecule has 2 rings (SSSR count). The maximum absolute atomic E-state index is 5.72. The molecule has 7 nitrogen and oxygen atoms in total. The summed E-state index contributed by atoms with van der Waals surface area (Å²) in [5, 5.41) is 0. The summed E-state index contributed by atoms with van der Waals surface area (Å²) in [6, 6.07) is 0.360. The van der Waals surface area contributed by atoms with Crippen LogP contribution in [0.4, 0.5) is 0 Å². The number of ether oxygens (including phenoxy) is 1. The summed E-state index contributed by atoms with van der Waals surface area (Å²) in [5.41, 5.74) is 3.61. The molecule has 0 bridgehead atoms. The second kappa shape index (κ2) is 6.94. The third-order valence-corrected chi connectivity index (χ3v) is 3.90. The van der Waals surface area contributed by atoms with Crippen molar-refractivity contribution in [2.45, 2.75) is 18.5 Å². The van der Waals surface area contributed by atoms with Crippen LogP contribution in [0.3, 0.4) is 0 Å². The van der Waals surface area contributed by atoms with Crippen LogP contribution < -0.4 is 16.0 Å². The topological polar surface area (TPSA) is 79.5 Å². The van der Waals surface area contributed by atoms with E-state index in [0.717, 1.165) is 31.7 Å². The van der Waals surface area contributed by atoms with E-state index in [1.807, 2.05) is 0 Å². The van der Waals surface area contributed by atoms with E-state index < -0.39 is 0 Å². The maximum Gasteiger partial charge on any atom is 0.237 e. The quantitative estimate of drug-likeness (QED) is 0.562. The Labute approximate surface area is 120 Å². The molecule has 0 amide bonds. The second-order valence-electron chi connectivity index (χ2n) is 5.30. The molecule has 3 N–H and O–H groups in total. The number of nitrogens with two attached hydrogens (primary N) is 1. The predicted octanol–water partition coefficient (Wildman–Crippen LogP) is -0.374. The molecule has 1 aromatic rings. The van der Waals surface area contributed by atoms with Crippen molar-refractivity contribution in [2.24, 2.45) is 5.84 Å². The van der Waals surface area contributed by atoms with Crippen molar-refractivity contribution in [1.82, 2.24) is 25.2 Å². The SMILES string of the molecule is COc1nccnc1C(CC1CN(C)CCN1C)NN. The summed E-state index contributed by atoms with van der Waals surface area (Å²) < 4.78 is 5.27. The monoisotopic (exact) mass is 280 g/mol. The molecule has 0 spiro atoms. The molecular weight excluding hydrogens is 256 g/mol. The van der Waals surface area contributed by atoms with E-state index in [1.165, 1.54) is 0 Å². The van der Waals surface area contributed by atoms with Gasteiger partial charge in [0.2, 0.25) is 5.88 Å². The van der Waals surface area contributed by atoms with Crippen molar-refractivity contribution in [3.63, 3.8) is 0 Å². The minimum absolute atomic E-state index is 0.0717. The Morgan fingerprint density at radius 3 is 2.85 bits per heavy atom. The number of hydrazine groups is 1. The Kier molecular flexibility index (Phi) is 5.24. The largest absolute Gasteiger partial charge is 0.480 e. The predicted molar refractivity (Wildman–Crippen MR) is 77.2 cm³/mol. The molecule has 0 aromatic carbocycles. The van der Waals surface area contributed by atoms with Gasteiger partial charge in [-0.25, -0.2) is 4.98 Å². The summed E-state index contributed by atoms with van der Waals surface area (Å²) in [6.45, 7) is 3.19. The van der Waals surface area contributed by atoms with Gasteiger partial charge in [0.1, 0.15) is 5.69 Å². The molecule has 2 unspecified atom stereocenters. The lowest BCUT2D eigenvalue weighted by molar-refractivity contribution is 0.100. The van der Waals surface area contributed by atoms with Gasteiger partial charge in [0.25, 0.3) is 0 Å². The minimum atomic E-state index is -0.0717. The van der Waals surface area contributed by atoms with Crippen LogP contribution in [0, 0.1) is 0 Å². The highest BCUT2D eigenvalue weighted by Crippen LogP contribution is 2.25. The number of hydrogen-bond acceptors (Lipinski definition) is 7. The van der Waals surface area contributed by atoms with E-state index >= 15 is 0 Å². The average molecular weight is 280 g/mol. The highest BCUT2D eigenvalue weighted by atomic mass is 16.5. The first-order valence-corrected chi connectivity index (χ1v) is 6.85. The Bertz CT molecular complexity index is 429. The normalized spacial score (nSPS) is 22.7. The molecule has 0 radical (unpaired) electrons. The average Bonchev–Trinajstić information content (AvgIpc) is 2.48. The van der Waals surface area contributed by atoms with Gasteiger partial charge in [-0.1, -0.05) is 0 Å². The van der Waals surface area contributed by atoms with Crippen LogP contribution in [0.15, 0.2) is 12.4 Å². The standard InChI is InChI=1S/C13H24N6O/c1-18-6-7-19(2)10(9-18)8-11(17-14)12-13(20-3)16-5-4-15-12/h4-5,10-11,17H,6-9,14H2,1-3H3. The zero-order valence-electron chi connectivity index (χ0n) is 12.4. The maximum atomic E-state index is 5.72. The summed E-state index contributed by atoms with van der Waals surface area (Å²) in [7, 11) is 5.90. The fourth-order valence-electron chi connectivity index (χ4n) is 2.62. The Hall–Kier alpha value is -1.28. The number of likely N-dealkylation sites (N-methyl/N-ethyl adjacent to an activating group) is 2. The molecule has 1 aliphatic rings. The molecule has 0 aliphatic carbocycles. The van der Waals surface area contributed by atoms with Crippen molar-refractivity contribution in [3.8, 4) is 5.88 Å². The van der Waals surface area contributed by atoms with Crippen LogP contribution >= 0.6 is 0 Å². The summed E-state index contributed by atoms with van der Waals surface area (Å²) in [4.78, 5) is 13.3. The summed E-state index contributed by atoms with van der Waals surface area (Å²) in [5.74, 6) is 6.25. The van der Waals surface area contributed by atoms with Crippen molar-refractivity contribution in [1.29, 1.82) is 0 Å². The van der Waals surface area contributed by atoms with Crippen molar-refractivity contribution >= 4 is 0 Å². The second-order valence-corrected chi connectivity index (χ2v) is 5.30. The number of aromatic nitrogens is 2. The van der Waals surface area contributed by atoms with E-state index in [2.05, 4.69) is 39.3 Å². The van der Waals surface area contributed by atoms with Crippen LogP contribution in [-0.4, -0.2) is 66.6 Å². The molecule has 1 fully saturated rings. The molecule has 0 saturated carbocycles. The molecule has 7 heteroatoms. The highest BCUT2D eigenvalue weighted by Gasteiger charge is 2.27. The third-order valence-electron chi connectivity index (χ3n) is 3.90. The number of methoxy groups -OCH3 is 1. The lowest BCUT2D eigenvalue weighted by Gasteiger charge is -2.39. The first kappa shape index (κ1) is 15.1. The van der Waals surface area contributed by atoms with E-state index in [0.29, 0.717) is 11.9 Å². The first-order valence-electron chi connectivity index (χ1n) is 6.85. The van der Waals surface area contributed by atoms with Gasteiger partial charge in [-0.3, -0.25) is 16.3 Å². The van der Waals surface area contributed by atoms with Gasteiger partial charge in [-0.2, -0.15) is 0 Å². The van der Waals surface area contributed by atoms with Crippen LogP contribution in [-0.2, 0) is 0 Å². The fourth-order valence-corrected chi connectivity index (χ4v) is 2.62. The van der Waals surface area contributed by atoms with Gasteiger partial charge in [0.05, 0.1) is 13.2 Å². The third kappa shape index (κ3) is 3.43. The van der Waals surface area contributed by atoms with Crippen LogP contribution in [0.5, 0.6) is 5.88 Å². The van der Waals surface area contributed by atoms with Gasteiger partial charge in [-0.05, 0) is 20.5 Å². The van der Waals surface area contributed by atoms with Gasteiger partial charge in [0, 0.05) is 38.1 Å².